The molecule has 1 atom stereocenters. The molecule has 2 fully saturated rings. The molecule has 0 aromatic heterocycles. The molecule has 1 heterocycles. The van der Waals surface area contributed by atoms with Gasteiger partial charge in [-0.2, -0.15) is 0 Å². The van der Waals surface area contributed by atoms with Gasteiger partial charge in [0.1, 0.15) is 0 Å². The van der Waals surface area contributed by atoms with Crippen LogP contribution < -0.4 is 5.32 Å². The molecule has 1 saturated heterocycles. The first-order chi connectivity index (χ1) is 9.24. The Labute approximate surface area is 156 Å². The molecule has 6 heteroatoms. The van der Waals surface area contributed by atoms with Crippen LogP contribution in [0.1, 0.15) is 30.9 Å². The largest absolute Gasteiger partial charge is 0.314 e. The van der Waals surface area contributed by atoms with Crippen molar-refractivity contribution in [3.05, 3.63) is 32.7 Å². The summed E-state index contributed by atoms with van der Waals surface area (Å²) in [5.74, 6) is 0.960. The molecular formula is C15H22Br2Cl2N2. The molecule has 1 aliphatic carbocycles. The van der Waals surface area contributed by atoms with E-state index in [-0.39, 0.29) is 24.8 Å². The Kier molecular flexibility index (Phi) is 8.54. The first-order valence-electron chi connectivity index (χ1n) is 7.14. The molecule has 0 radical (unpaired) electrons. The Morgan fingerprint density at radius 2 is 1.76 bits per heavy atom. The molecule has 1 saturated carbocycles. The number of rotatable bonds is 4. The summed E-state index contributed by atoms with van der Waals surface area (Å²) >= 11 is 7.21. The number of hydrogen-bond donors (Lipinski definition) is 1. The standard InChI is InChI=1S/C15H20Br2N2.2ClH/c16-13-4-3-12(10-14(13)17)15(9-11-1-2-11)19-7-5-18-6-8-19;;/h3-4,10-11,15,18H,1-2,5-9H2;2*1H/t15-;;/m1../s1. The van der Waals surface area contributed by atoms with Crippen LogP contribution in [0.5, 0.6) is 0 Å². The van der Waals surface area contributed by atoms with Gasteiger partial charge in [-0.1, -0.05) is 18.9 Å². The Hall–Kier alpha value is 0.680. The van der Waals surface area contributed by atoms with Crippen LogP contribution in [-0.4, -0.2) is 31.1 Å². The van der Waals surface area contributed by atoms with Crippen LogP contribution >= 0.6 is 56.7 Å². The normalized spacial score (nSPS) is 20.3. The Balaban J connectivity index is 0.00000110. The maximum atomic E-state index is 3.64. The van der Waals surface area contributed by atoms with Crippen molar-refractivity contribution in [3.63, 3.8) is 0 Å². The van der Waals surface area contributed by atoms with Gasteiger partial charge in [-0.3, -0.25) is 4.90 Å². The Bertz CT molecular complexity index is 449. The zero-order valence-corrected chi connectivity index (χ0v) is 16.7. The van der Waals surface area contributed by atoms with Gasteiger partial charge in [0.15, 0.2) is 0 Å². The smallest absolute Gasteiger partial charge is 0.0352 e. The van der Waals surface area contributed by atoms with Gasteiger partial charge < -0.3 is 5.32 Å². The van der Waals surface area contributed by atoms with E-state index in [2.05, 4.69) is 60.3 Å². The van der Waals surface area contributed by atoms with Crippen LogP contribution in [0, 0.1) is 5.92 Å². The number of nitrogens with zero attached hydrogens (tertiary/aromatic N) is 1. The van der Waals surface area contributed by atoms with Gasteiger partial charge in [0.05, 0.1) is 0 Å². The van der Waals surface area contributed by atoms with E-state index in [0.29, 0.717) is 6.04 Å². The summed E-state index contributed by atoms with van der Waals surface area (Å²) in [5.41, 5.74) is 1.46. The fourth-order valence-electron chi connectivity index (χ4n) is 2.88. The van der Waals surface area contributed by atoms with Gasteiger partial charge in [0, 0.05) is 41.2 Å². The Morgan fingerprint density at radius 3 is 2.33 bits per heavy atom. The summed E-state index contributed by atoms with van der Waals surface area (Å²) in [5, 5.41) is 3.45. The number of benzene rings is 1. The summed E-state index contributed by atoms with van der Waals surface area (Å²) in [7, 11) is 0. The van der Waals surface area contributed by atoms with E-state index in [1.54, 1.807) is 0 Å². The highest BCUT2D eigenvalue weighted by Crippen LogP contribution is 2.41. The van der Waals surface area contributed by atoms with Crippen LogP contribution in [-0.2, 0) is 0 Å². The van der Waals surface area contributed by atoms with E-state index < -0.39 is 0 Å². The third kappa shape index (κ3) is 5.36. The highest BCUT2D eigenvalue weighted by atomic mass is 79.9. The second-order valence-corrected chi connectivity index (χ2v) is 7.36. The third-order valence-electron chi connectivity index (χ3n) is 4.17. The van der Waals surface area contributed by atoms with Crippen LogP contribution in [0.25, 0.3) is 0 Å². The lowest BCUT2D eigenvalue weighted by atomic mass is 9.99. The summed E-state index contributed by atoms with van der Waals surface area (Å²) in [6.07, 6.45) is 4.19. The van der Waals surface area contributed by atoms with Gasteiger partial charge in [0.25, 0.3) is 0 Å². The number of nitrogens with one attached hydrogen (secondary N) is 1. The predicted octanol–water partition coefficient (Wildman–Crippen LogP) is 4.80. The third-order valence-corrected chi connectivity index (χ3v) is 6.05. The monoisotopic (exact) mass is 458 g/mol. The van der Waals surface area contributed by atoms with E-state index in [9.17, 15) is 0 Å². The number of hydrogen-bond acceptors (Lipinski definition) is 2. The molecule has 1 aromatic carbocycles. The second kappa shape index (κ2) is 9.09. The molecule has 0 spiro atoms. The molecule has 21 heavy (non-hydrogen) atoms. The van der Waals surface area contributed by atoms with Crippen molar-refractivity contribution < 1.29 is 0 Å². The molecular weight excluding hydrogens is 439 g/mol. The van der Waals surface area contributed by atoms with Crippen molar-refractivity contribution in [2.75, 3.05) is 26.2 Å². The van der Waals surface area contributed by atoms with Gasteiger partial charge in [-0.25, -0.2) is 0 Å². The fraction of sp³-hybridized carbons (Fsp3) is 0.600. The van der Waals surface area contributed by atoms with Crippen LogP contribution in [0.3, 0.4) is 0 Å². The molecule has 3 rings (SSSR count). The first kappa shape index (κ1) is 19.7. The van der Waals surface area contributed by atoms with E-state index in [0.717, 1.165) is 23.5 Å². The van der Waals surface area contributed by atoms with Crippen molar-refractivity contribution in [1.82, 2.24) is 10.2 Å². The minimum absolute atomic E-state index is 0. The van der Waals surface area contributed by atoms with E-state index in [1.807, 2.05) is 0 Å². The lowest BCUT2D eigenvalue weighted by molar-refractivity contribution is 0.160. The maximum Gasteiger partial charge on any atom is 0.0352 e. The highest BCUT2D eigenvalue weighted by molar-refractivity contribution is 9.13. The average Bonchev–Trinajstić information content (AvgIpc) is 3.24. The molecule has 1 aliphatic heterocycles. The highest BCUT2D eigenvalue weighted by Gasteiger charge is 2.30. The zero-order chi connectivity index (χ0) is 13.2. The van der Waals surface area contributed by atoms with Crippen molar-refractivity contribution in [2.24, 2.45) is 5.92 Å². The van der Waals surface area contributed by atoms with Crippen molar-refractivity contribution in [2.45, 2.75) is 25.3 Å². The maximum absolute atomic E-state index is 3.64. The SMILES string of the molecule is Brc1ccc([C@@H](CC2CC2)N2CCNCC2)cc1Br.Cl.Cl. The molecule has 120 valence electrons. The van der Waals surface area contributed by atoms with Crippen molar-refractivity contribution in [1.29, 1.82) is 0 Å². The quantitative estimate of drug-likeness (QED) is 0.694. The predicted molar refractivity (Wildman–Crippen MR) is 101 cm³/mol. The molecule has 0 bridgehead atoms. The van der Waals surface area contributed by atoms with Gasteiger partial charge in [-0.15, -0.1) is 24.8 Å². The first-order valence-corrected chi connectivity index (χ1v) is 8.72. The van der Waals surface area contributed by atoms with E-state index in [4.69, 9.17) is 0 Å². The summed E-state index contributed by atoms with van der Waals surface area (Å²) in [6, 6.07) is 7.34. The van der Waals surface area contributed by atoms with Gasteiger partial charge in [-0.05, 0) is 61.9 Å². The van der Waals surface area contributed by atoms with Crippen LogP contribution in [0.2, 0.25) is 0 Å². The summed E-state index contributed by atoms with van der Waals surface area (Å²) in [6.45, 7) is 4.59. The molecule has 0 amide bonds. The van der Waals surface area contributed by atoms with Crippen molar-refractivity contribution >= 4 is 56.7 Å². The van der Waals surface area contributed by atoms with Crippen LogP contribution in [0.4, 0.5) is 0 Å². The van der Waals surface area contributed by atoms with Crippen molar-refractivity contribution in [3.8, 4) is 0 Å². The lowest BCUT2D eigenvalue weighted by Gasteiger charge is -2.35. The van der Waals surface area contributed by atoms with E-state index in [1.165, 1.54) is 42.4 Å². The lowest BCUT2D eigenvalue weighted by Crippen LogP contribution is -2.45. The minimum atomic E-state index is 0. The molecule has 0 unspecified atom stereocenters. The van der Waals surface area contributed by atoms with Gasteiger partial charge >= 0.3 is 0 Å². The Morgan fingerprint density at radius 1 is 1.10 bits per heavy atom. The number of piperazine rings is 1. The summed E-state index contributed by atoms with van der Waals surface area (Å²) < 4.78 is 2.31. The zero-order valence-electron chi connectivity index (χ0n) is 11.9. The topological polar surface area (TPSA) is 15.3 Å². The molecule has 2 aliphatic rings. The number of halogens is 4. The summed E-state index contributed by atoms with van der Waals surface area (Å²) in [4.78, 5) is 2.66. The van der Waals surface area contributed by atoms with E-state index >= 15 is 0 Å². The average molecular weight is 461 g/mol. The van der Waals surface area contributed by atoms with Gasteiger partial charge in [0.2, 0.25) is 0 Å². The molecule has 1 N–H and O–H groups in total. The molecule has 2 nitrogen and oxygen atoms in total. The fourth-order valence-corrected chi connectivity index (χ4v) is 3.52. The molecule has 1 aromatic rings. The van der Waals surface area contributed by atoms with Crippen LogP contribution in [0.15, 0.2) is 27.1 Å². The second-order valence-electron chi connectivity index (χ2n) is 5.65. The minimum Gasteiger partial charge on any atom is -0.314 e.